The Morgan fingerprint density at radius 1 is 1.35 bits per heavy atom. The molecule has 2 N–H and O–H groups in total. The molecule has 1 aliphatic rings. The number of nitrogens with zero attached hydrogens (tertiary/aromatic N) is 1. The third-order valence-corrected chi connectivity index (χ3v) is 4.87. The fourth-order valence-electron chi connectivity index (χ4n) is 2.31. The summed E-state index contributed by atoms with van der Waals surface area (Å²) in [5.74, 6) is 0. The maximum Gasteiger partial charge on any atom is 0.0511 e. The third-order valence-electron chi connectivity index (χ3n) is 3.01. The Labute approximate surface area is 116 Å². The van der Waals surface area contributed by atoms with Crippen molar-refractivity contribution < 1.29 is 0 Å². The van der Waals surface area contributed by atoms with E-state index in [1.807, 2.05) is 0 Å². The predicted octanol–water partition coefficient (Wildman–Crippen LogP) is 3.24. The van der Waals surface area contributed by atoms with E-state index in [2.05, 4.69) is 64.6 Å². The van der Waals surface area contributed by atoms with Gasteiger partial charge in [0.15, 0.2) is 0 Å². The molecule has 1 heterocycles. The Hall–Kier alpha value is -0.190. The van der Waals surface area contributed by atoms with Gasteiger partial charge in [-0.25, -0.2) is 0 Å². The van der Waals surface area contributed by atoms with Crippen molar-refractivity contribution in [1.29, 1.82) is 0 Å². The van der Waals surface area contributed by atoms with E-state index in [4.69, 9.17) is 5.73 Å². The summed E-state index contributed by atoms with van der Waals surface area (Å²) in [5, 5.41) is 1.39. The average molecular weight is 315 g/mol. The van der Waals surface area contributed by atoms with Crippen molar-refractivity contribution in [3.63, 3.8) is 0 Å². The number of nitrogens with two attached hydrogens (primary N) is 1. The lowest BCUT2D eigenvalue weighted by Crippen LogP contribution is -2.40. The molecular weight excluding hydrogens is 296 g/mol. The molecule has 0 radical (unpaired) electrons. The van der Waals surface area contributed by atoms with Gasteiger partial charge in [-0.15, -0.1) is 0 Å². The summed E-state index contributed by atoms with van der Waals surface area (Å²) in [6, 6.07) is 6.44. The number of hydrogen-bond acceptors (Lipinski definition) is 3. The van der Waals surface area contributed by atoms with Crippen LogP contribution in [-0.2, 0) is 6.54 Å². The highest BCUT2D eigenvalue weighted by Gasteiger charge is 2.23. The molecule has 1 aromatic rings. The third kappa shape index (κ3) is 3.18. The zero-order chi connectivity index (χ0) is 12.4. The van der Waals surface area contributed by atoms with Crippen LogP contribution in [0.4, 0.5) is 5.69 Å². The molecule has 94 valence electrons. The summed E-state index contributed by atoms with van der Waals surface area (Å²) in [7, 11) is 0. The minimum absolute atomic E-state index is 0.599. The first kappa shape index (κ1) is 13.2. The van der Waals surface area contributed by atoms with Crippen LogP contribution in [0.15, 0.2) is 22.7 Å². The molecule has 0 aromatic heterocycles. The van der Waals surface area contributed by atoms with Gasteiger partial charge in [0, 0.05) is 34.6 Å². The Morgan fingerprint density at radius 3 is 2.53 bits per heavy atom. The summed E-state index contributed by atoms with van der Waals surface area (Å²) in [6.07, 6.45) is 0. The second kappa shape index (κ2) is 5.63. The van der Waals surface area contributed by atoms with Gasteiger partial charge in [-0.2, -0.15) is 11.8 Å². The smallest absolute Gasteiger partial charge is 0.0511 e. The molecule has 0 bridgehead atoms. The van der Waals surface area contributed by atoms with E-state index in [-0.39, 0.29) is 0 Å². The summed E-state index contributed by atoms with van der Waals surface area (Å²) in [5.41, 5.74) is 8.12. The molecule has 0 amide bonds. The molecule has 2 rings (SSSR count). The van der Waals surface area contributed by atoms with E-state index >= 15 is 0 Å². The van der Waals surface area contributed by atoms with Crippen LogP contribution in [-0.4, -0.2) is 23.6 Å². The fourth-order valence-corrected chi connectivity index (χ4v) is 4.31. The lowest BCUT2D eigenvalue weighted by molar-refractivity contribution is 0.727. The first-order valence-electron chi connectivity index (χ1n) is 5.99. The molecule has 2 unspecified atom stereocenters. The first-order valence-corrected chi connectivity index (χ1v) is 7.72. The van der Waals surface area contributed by atoms with Gasteiger partial charge in [-0.05, 0) is 33.6 Å². The van der Waals surface area contributed by atoms with Crippen LogP contribution in [0.25, 0.3) is 0 Å². The molecule has 1 aliphatic heterocycles. The van der Waals surface area contributed by atoms with Crippen LogP contribution < -0.4 is 10.6 Å². The van der Waals surface area contributed by atoms with Crippen LogP contribution in [0.5, 0.6) is 0 Å². The molecule has 1 aromatic carbocycles. The predicted molar refractivity (Wildman–Crippen MR) is 80.8 cm³/mol. The highest BCUT2D eigenvalue weighted by molar-refractivity contribution is 9.10. The molecule has 2 nitrogen and oxygen atoms in total. The van der Waals surface area contributed by atoms with E-state index in [1.54, 1.807) is 0 Å². The van der Waals surface area contributed by atoms with Gasteiger partial charge in [0.25, 0.3) is 0 Å². The molecule has 1 fully saturated rings. The molecule has 4 heteroatoms. The first-order chi connectivity index (χ1) is 8.10. The zero-order valence-electron chi connectivity index (χ0n) is 10.3. The van der Waals surface area contributed by atoms with Crippen molar-refractivity contribution in [2.75, 3.05) is 18.0 Å². The monoisotopic (exact) mass is 314 g/mol. The van der Waals surface area contributed by atoms with Gasteiger partial charge < -0.3 is 10.6 Å². The SMILES string of the molecule is CC1CN(c2ccc(CN)cc2Br)CC(C)S1. The van der Waals surface area contributed by atoms with Crippen LogP contribution in [0.3, 0.4) is 0 Å². The van der Waals surface area contributed by atoms with Crippen molar-refractivity contribution in [1.82, 2.24) is 0 Å². The minimum atomic E-state index is 0.599. The molecular formula is C13H19BrN2S. The van der Waals surface area contributed by atoms with Gasteiger partial charge >= 0.3 is 0 Å². The molecule has 0 aliphatic carbocycles. The van der Waals surface area contributed by atoms with Gasteiger partial charge in [0.05, 0.1) is 5.69 Å². The van der Waals surface area contributed by atoms with Crippen LogP contribution in [0.2, 0.25) is 0 Å². The van der Waals surface area contributed by atoms with Crippen LogP contribution >= 0.6 is 27.7 Å². The fraction of sp³-hybridized carbons (Fsp3) is 0.538. The maximum atomic E-state index is 5.65. The quantitative estimate of drug-likeness (QED) is 0.908. The van der Waals surface area contributed by atoms with Crippen molar-refractivity contribution >= 4 is 33.4 Å². The second-order valence-electron chi connectivity index (χ2n) is 4.65. The average Bonchev–Trinajstić information content (AvgIpc) is 2.27. The summed E-state index contributed by atoms with van der Waals surface area (Å²) in [6.45, 7) is 7.44. The van der Waals surface area contributed by atoms with E-state index in [9.17, 15) is 0 Å². The van der Waals surface area contributed by atoms with E-state index in [0.717, 1.165) is 17.6 Å². The number of anilines is 1. The highest BCUT2D eigenvalue weighted by atomic mass is 79.9. The van der Waals surface area contributed by atoms with Crippen molar-refractivity contribution in [3.05, 3.63) is 28.2 Å². The Balaban J connectivity index is 2.21. The molecule has 2 atom stereocenters. The minimum Gasteiger partial charge on any atom is -0.368 e. The van der Waals surface area contributed by atoms with Gasteiger partial charge in [0.2, 0.25) is 0 Å². The normalized spacial score (nSPS) is 25.1. The molecule has 1 saturated heterocycles. The van der Waals surface area contributed by atoms with E-state index in [0.29, 0.717) is 17.0 Å². The van der Waals surface area contributed by atoms with Crippen molar-refractivity contribution in [2.24, 2.45) is 5.73 Å². The number of benzene rings is 1. The van der Waals surface area contributed by atoms with Gasteiger partial charge in [-0.3, -0.25) is 0 Å². The van der Waals surface area contributed by atoms with E-state index < -0.39 is 0 Å². The zero-order valence-corrected chi connectivity index (χ0v) is 12.7. The largest absolute Gasteiger partial charge is 0.368 e. The Bertz CT molecular complexity index is 387. The van der Waals surface area contributed by atoms with Crippen LogP contribution in [0, 0.1) is 0 Å². The second-order valence-corrected chi connectivity index (χ2v) is 7.39. The number of halogens is 1. The lowest BCUT2D eigenvalue weighted by Gasteiger charge is -2.36. The summed E-state index contributed by atoms with van der Waals surface area (Å²) < 4.78 is 1.16. The van der Waals surface area contributed by atoms with Crippen molar-refractivity contribution in [3.8, 4) is 0 Å². The molecule has 0 spiro atoms. The van der Waals surface area contributed by atoms with Crippen LogP contribution in [0.1, 0.15) is 19.4 Å². The molecule has 0 saturated carbocycles. The number of hydrogen-bond donors (Lipinski definition) is 1. The van der Waals surface area contributed by atoms with Gasteiger partial charge in [0.1, 0.15) is 0 Å². The Kier molecular flexibility index (Phi) is 4.39. The highest BCUT2D eigenvalue weighted by Crippen LogP contribution is 2.33. The van der Waals surface area contributed by atoms with Gasteiger partial charge in [-0.1, -0.05) is 19.9 Å². The molecule has 17 heavy (non-hydrogen) atoms. The lowest BCUT2D eigenvalue weighted by atomic mass is 10.2. The van der Waals surface area contributed by atoms with E-state index in [1.165, 1.54) is 11.3 Å². The maximum absolute atomic E-state index is 5.65. The number of thioether (sulfide) groups is 1. The topological polar surface area (TPSA) is 29.3 Å². The number of rotatable bonds is 2. The van der Waals surface area contributed by atoms with Crippen molar-refractivity contribution in [2.45, 2.75) is 30.9 Å². The summed E-state index contributed by atoms with van der Waals surface area (Å²) in [4.78, 5) is 2.47. The Morgan fingerprint density at radius 2 is 2.00 bits per heavy atom. The summed E-state index contributed by atoms with van der Waals surface area (Å²) >= 11 is 5.74. The standard InChI is InChI=1S/C13H19BrN2S/c1-9-7-16(8-10(2)17-9)13-4-3-11(6-15)5-12(13)14/h3-5,9-10H,6-8,15H2,1-2H3.